The maximum Gasteiger partial charge on any atom is 0.338 e. The Kier molecular flexibility index (Phi) is 10.3. The minimum Gasteiger partial charge on any atom is -0.457 e. The van der Waals surface area contributed by atoms with Crippen molar-refractivity contribution >= 4 is 53.9 Å². The number of nitro groups is 1. The lowest BCUT2D eigenvalue weighted by Gasteiger charge is -2.43. The molecule has 0 aliphatic carbocycles. The van der Waals surface area contributed by atoms with Crippen molar-refractivity contribution in [1.82, 2.24) is 0 Å². The van der Waals surface area contributed by atoms with Gasteiger partial charge in [0.25, 0.3) is 14.0 Å². The molecule has 4 aromatic rings. The van der Waals surface area contributed by atoms with E-state index in [2.05, 4.69) is 81.4 Å². The van der Waals surface area contributed by atoms with Gasteiger partial charge in [-0.1, -0.05) is 112 Å². The third kappa shape index (κ3) is 7.29. The number of rotatable bonds is 11. The van der Waals surface area contributed by atoms with Gasteiger partial charge in [0, 0.05) is 24.3 Å². The predicted octanol–water partition coefficient (Wildman–Crippen LogP) is 7.46. The zero-order valence-electron chi connectivity index (χ0n) is 25.1. The maximum atomic E-state index is 13.3. The first-order chi connectivity index (χ1) is 21.2. The summed E-state index contributed by atoms with van der Waals surface area (Å²) in [5, 5.41) is 13.3. The zero-order chi connectivity index (χ0) is 31.2. The molecule has 6 nitrogen and oxygen atoms in total. The van der Waals surface area contributed by atoms with Gasteiger partial charge in [0.05, 0.1) is 26.9 Å². The second kappa shape index (κ2) is 14.2. The highest BCUT2D eigenvalue weighted by molar-refractivity contribution is 8.17. The molecular weight excluding hydrogens is 607 g/mol. The van der Waals surface area contributed by atoms with E-state index in [1.54, 1.807) is 0 Å². The second-order valence-corrected chi connectivity index (χ2v) is 19.1. The van der Waals surface area contributed by atoms with E-state index in [4.69, 9.17) is 9.16 Å². The predicted molar refractivity (Wildman–Crippen MR) is 183 cm³/mol. The summed E-state index contributed by atoms with van der Waals surface area (Å²) in [6.07, 6.45) is 0.324. The number of non-ortho nitro benzene ring substituents is 1. The van der Waals surface area contributed by atoms with Crippen molar-refractivity contribution in [3.8, 4) is 0 Å². The van der Waals surface area contributed by atoms with E-state index in [9.17, 15) is 14.9 Å². The molecule has 0 bridgehead atoms. The molecule has 0 aromatic heterocycles. The van der Waals surface area contributed by atoms with Crippen LogP contribution in [0.15, 0.2) is 115 Å². The van der Waals surface area contributed by atoms with E-state index in [1.807, 2.05) is 53.9 Å². The van der Waals surface area contributed by atoms with Crippen LogP contribution in [0, 0.1) is 10.1 Å². The number of esters is 1. The molecule has 1 aliphatic rings. The molecule has 4 aromatic carbocycles. The van der Waals surface area contributed by atoms with Crippen LogP contribution in [0.2, 0.25) is 5.04 Å². The molecule has 1 saturated heterocycles. The summed E-state index contributed by atoms with van der Waals surface area (Å²) in [6, 6.07) is 37.0. The highest BCUT2D eigenvalue weighted by Gasteiger charge is 2.51. The van der Waals surface area contributed by atoms with Crippen LogP contribution in [0.3, 0.4) is 0 Å². The number of thioether (sulfide) groups is 2. The SMILES string of the molecule is CC(C)(C)[Si](OC[C@H]1SC(SCc2ccccc2)C[C@@H]1OC(=O)c1ccc([N+](=O)[O-])cc1)(c1ccccc1)c1ccccc1. The fourth-order valence-corrected chi connectivity index (χ4v) is 13.4. The average molecular weight is 644 g/mol. The van der Waals surface area contributed by atoms with Crippen molar-refractivity contribution in [3.05, 3.63) is 137 Å². The first-order valence-corrected chi connectivity index (χ1v) is 18.6. The first kappa shape index (κ1) is 32.0. The van der Waals surface area contributed by atoms with Crippen molar-refractivity contribution < 1.29 is 18.9 Å². The molecule has 1 unspecified atom stereocenters. The fourth-order valence-electron chi connectivity index (χ4n) is 5.71. The summed E-state index contributed by atoms with van der Waals surface area (Å²) in [4.78, 5) is 23.9. The molecule has 0 saturated carbocycles. The third-order valence-corrected chi connectivity index (χ3v) is 16.0. The molecule has 0 amide bonds. The molecule has 1 aliphatic heterocycles. The van der Waals surface area contributed by atoms with Gasteiger partial charge in [-0.2, -0.15) is 0 Å². The molecule has 9 heteroatoms. The van der Waals surface area contributed by atoms with Crippen molar-refractivity contribution in [1.29, 1.82) is 0 Å². The molecule has 1 heterocycles. The number of carbonyl (C=O) groups is 1. The number of hydrogen-bond acceptors (Lipinski definition) is 7. The Morgan fingerprint density at radius 1 is 0.886 bits per heavy atom. The van der Waals surface area contributed by atoms with Gasteiger partial charge in [-0.25, -0.2) is 4.79 Å². The number of nitrogens with zero attached hydrogens (tertiary/aromatic N) is 1. The van der Waals surface area contributed by atoms with Crippen molar-refractivity contribution in [2.75, 3.05) is 6.61 Å². The monoisotopic (exact) mass is 643 g/mol. The van der Waals surface area contributed by atoms with E-state index < -0.39 is 19.2 Å². The van der Waals surface area contributed by atoms with Gasteiger partial charge in [-0.3, -0.25) is 10.1 Å². The standard InChI is InChI=1S/C35H37NO5S2Si/c1-35(2,3)44(29-15-9-5-10-16-29,30-17-11-6-12-18-30)40-24-32-31(23-33(43-32)42-25-26-13-7-4-8-14-26)41-34(37)27-19-21-28(22-20-27)36(38)39/h4-22,31-33H,23-25H2,1-3H3/t31-,32+,33?/m0/s1. The van der Waals surface area contributed by atoms with Crippen LogP contribution in [-0.2, 0) is 14.9 Å². The largest absolute Gasteiger partial charge is 0.457 e. The van der Waals surface area contributed by atoms with Gasteiger partial charge < -0.3 is 9.16 Å². The molecular formula is C35H37NO5S2Si. The summed E-state index contributed by atoms with van der Waals surface area (Å²) in [5.41, 5.74) is 1.49. The van der Waals surface area contributed by atoms with Crippen molar-refractivity contribution in [2.45, 2.75) is 53.9 Å². The topological polar surface area (TPSA) is 78.7 Å². The van der Waals surface area contributed by atoms with Crippen LogP contribution in [0.4, 0.5) is 5.69 Å². The molecule has 44 heavy (non-hydrogen) atoms. The quantitative estimate of drug-likeness (QED) is 0.0727. The summed E-state index contributed by atoms with van der Waals surface area (Å²) in [5.74, 6) is 0.388. The van der Waals surface area contributed by atoms with E-state index in [1.165, 1.54) is 40.2 Å². The molecule has 3 atom stereocenters. The number of nitro benzene ring substituents is 1. The lowest BCUT2D eigenvalue weighted by atomic mass is 10.2. The van der Waals surface area contributed by atoms with E-state index in [-0.39, 0.29) is 26.7 Å². The zero-order valence-corrected chi connectivity index (χ0v) is 27.8. The number of benzene rings is 4. The maximum absolute atomic E-state index is 13.3. The highest BCUT2D eigenvalue weighted by Crippen LogP contribution is 2.45. The Bertz CT molecular complexity index is 1490. The second-order valence-electron chi connectivity index (χ2n) is 11.9. The van der Waals surface area contributed by atoms with E-state index >= 15 is 0 Å². The molecule has 0 N–H and O–H groups in total. The Balaban J connectivity index is 1.41. The van der Waals surface area contributed by atoms with Crippen molar-refractivity contribution in [3.63, 3.8) is 0 Å². The van der Waals surface area contributed by atoms with Crippen LogP contribution < -0.4 is 10.4 Å². The van der Waals surface area contributed by atoms with Gasteiger partial charge in [-0.05, 0) is 33.1 Å². The smallest absolute Gasteiger partial charge is 0.338 e. The Hall–Kier alpha value is -3.37. The van der Waals surface area contributed by atoms with E-state index in [0.717, 1.165) is 5.75 Å². The van der Waals surface area contributed by atoms with Crippen LogP contribution >= 0.6 is 23.5 Å². The number of carbonyl (C=O) groups excluding carboxylic acids is 1. The van der Waals surface area contributed by atoms with Crippen LogP contribution in [0.25, 0.3) is 0 Å². The minimum absolute atomic E-state index is 0.0630. The summed E-state index contributed by atoms with van der Waals surface area (Å²) < 4.78 is 13.6. The van der Waals surface area contributed by atoms with Crippen LogP contribution in [0.5, 0.6) is 0 Å². The fraction of sp³-hybridized carbons (Fsp3) is 0.286. The van der Waals surface area contributed by atoms with E-state index in [0.29, 0.717) is 18.6 Å². The highest BCUT2D eigenvalue weighted by atomic mass is 32.2. The van der Waals surface area contributed by atoms with Gasteiger partial charge >= 0.3 is 5.97 Å². The molecule has 0 radical (unpaired) electrons. The Labute approximate surface area is 268 Å². The molecule has 1 fully saturated rings. The third-order valence-electron chi connectivity index (χ3n) is 7.90. The van der Waals surface area contributed by atoms with Gasteiger partial charge in [0.15, 0.2) is 0 Å². The van der Waals surface area contributed by atoms with Gasteiger partial charge in [0.1, 0.15) is 6.10 Å². The summed E-state index contributed by atoms with van der Waals surface area (Å²) in [6.45, 7) is 7.20. The van der Waals surface area contributed by atoms with Gasteiger partial charge in [-0.15, -0.1) is 23.5 Å². The molecule has 0 spiro atoms. The first-order valence-electron chi connectivity index (χ1n) is 14.7. The normalized spacial score (nSPS) is 18.6. The lowest BCUT2D eigenvalue weighted by molar-refractivity contribution is -0.384. The Morgan fingerprint density at radius 2 is 1.43 bits per heavy atom. The lowest BCUT2D eigenvalue weighted by Crippen LogP contribution is -2.67. The minimum atomic E-state index is -2.79. The Morgan fingerprint density at radius 3 is 1.95 bits per heavy atom. The average Bonchev–Trinajstić information content (AvgIpc) is 3.42. The number of hydrogen-bond donors (Lipinski definition) is 0. The van der Waals surface area contributed by atoms with Crippen LogP contribution in [0.1, 0.15) is 43.1 Å². The van der Waals surface area contributed by atoms with Crippen molar-refractivity contribution in [2.24, 2.45) is 0 Å². The van der Waals surface area contributed by atoms with Gasteiger partial charge in [0.2, 0.25) is 0 Å². The molecule has 228 valence electrons. The van der Waals surface area contributed by atoms with Crippen LogP contribution in [-0.4, -0.2) is 41.8 Å². The number of ether oxygens (including phenoxy) is 1. The summed E-state index contributed by atoms with van der Waals surface area (Å²) >= 11 is 3.67. The molecule has 5 rings (SSSR count). The summed E-state index contributed by atoms with van der Waals surface area (Å²) in [7, 11) is -2.79.